The van der Waals surface area contributed by atoms with E-state index in [2.05, 4.69) is 15.0 Å². The van der Waals surface area contributed by atoms with Gasteiger partial charge in [0.2, 0.25) is 0 Å². The van der Waals surface area contributed by atoms with Crippen LogP contribution < -0.4 is 10.6 Å². The molecule has 0 spiro atoms. The van der Waals surface area contributed by atoms with Crippen molar-refractivity contribution >= 4 is 50.2 Å². The predicted octanol–water partition coefficient (Wildman–Crippen LogP) is 4.53. The van der Waals surface area contributed by atoms with Crippen LogP contribution in [0.3, 0.4) is 0 Å². The van der Waals surface area contributed by atoms with E-state index in [-0.39, 0.29) is 15.7 Å². The van der Waals surface area contributed by atoms with E-state index in [0.717, 1.165) is 24.0 Å². The summed E-state index contributed by atoms with van der Waals surface area (Å²) in [7, 11) is 0.786. The second-order valence-electron chi connectivity index (χ2n) is 6.24. The summed E-state index contributed by atoms with van der Waals surface area (Å²) in [6.45, 7) is 1.75. The number of halogens is 4. The minimum Gasteiger partial charge on any atom is -0.466 e. The number of fused-ring (bicyclic) bond motifs is 1. The number of aryl methyl sites for hydroxylation is 1. The number of nitrogens with one attached hydrogen (secondary N) is 2. The highest BCUT2D eigenvalue weighted by Crippen LogP contribution is 2.36. The fourth-order valence-electron chi connectivity index (χ4n) is 2.73. The topological polar surface area (TPSA) is 80.3 Å². The first-order valence-electron chi connectivity index (χ1n) is 8.45. The maximum absolute atomic E-state index is 14.2. The highest BCUT2D eigenvalue weighted by atomic mass is 35.5. The quantitative estimate of drug-likeness (QED) is 0.434. The molecular weight excluding hydrogens is 443 g/mol. The molecule has 158 valence electrons. The minimum atomic E-state index is -5.27. The smallest absolute Gasteiger partial charge is 0.442 e. The molecule has 2 N–H and O–H groups in total. The number of hydrogen-bond donors (Lipinski definition) is 2. The third kappa shape index (κ3) is 3.92. The summed E-state index contributed by atoms with van der Waals surface area (Å²) in [5.41, 5.74) is -2.60. The number of methoxy groups -OCH3 is 1. The number of para-hydroxylation sites is 1. The third-order valence-electron chi connectivity index (χ3n) is 4.25. The Kier molecular flexibility index (Phi) is 5.91. The number of esters is 1. The molecule has 30 heavy (non-hydrogen) atoms. The monoisotopic (exact) mass is 457 g/mol. The van der Waals surface area contributed by atoms with Crippen LogP contribution in [-0.4, -0.2) is 35.8 Å². The SMILES string of the molecule is COC(=O)C(NC(=O)c1ccccc1Cl)(Nc1nc2c(C)cccc2s1)C(F)(F)F. The van der Waals surface area contributed by atoms with Gasteiger partial charge in [0.15, 0.2) is 5.13 Å². The van der Waals surface area contributed by atoms with Crippen molar-refractivity contribution in [3.8, 4) is 0 Å². The second-order valence-corrected chi connectivity index (χ2v) is 7.68. The van der Waals surface area contributed by atoms with Crippen molar-refractivity contribution < 1.29 is 27.5 Å². The van der Waals surface area contributed by atoms with Gasteiger partial charge in [-0.3, -0.25) is 4.79 Å². The van der Waals surface area contributed by atoms with Gasteiger partial charge in [-0.1, -0.05) is 47.2 Å². The summed E-state index contributed by atoms with van der Waals surface area (Å²) in [6.07, 6.45) is -5.27. The van der Waals surface area contributed by atoms with E-state index in [1.54, 1.807) is 30.4 Å². The summed E-state index contributed by atoms with van der Waals surface area (Å²) >= 11 is 6.82. The second kappa shape index (κ2) is 8.11. The van der Waals surface area contributed by atoms with Crippen LogP contribution in [0.15, 0.2) is 42.5 Å². The first kappa shape index (κ1) is 21.8. The molecule has 0 radical (unpaired) electrons. The maximum atomic E-state index is 14.2. The summed E-state index contributed by atoms with van der Waals surface area (Å²) in [6, 6.07) is 10.7. The number of aromatic nitrogens is 1. The molecule has 0 aliphatic carbocycles. The molecule has 0 fully saturated rings. The van der Waals surface area contributed by atoms with E-state index in [4.69, 9.17) is 11.6 Å². The lowest BCUT2D eigenvalue weighted by molar-refractivity contribution is -0.203. The van der Waals surface area contributed by atoms with E-state index in [1.807, 2.05) is 0 Å². The summed E-state index contributed by atoms with van der Waals surface area (Å²) < 4.78 is 47.5. The normalized spacial score (nSPS) is 13.5. The Morgan fingerprint density at radius 2 is 1.83 bits per heavy atom. The Labute approximate surface area is 178 Å². The molecule has 0 saturated carbocycles. The van der Waals surface area contributed by atoms with Gasteiger partial charge in [0.1, 0.15) is 0 Å². The lowest BCUT2D eigenvalue weighted by Gasteiger charge is -2.34. The van der Waals surface area contributed by atoms with Crippen molar-refractivity contribution in [3.05, 3.63) is 58.6 Å². The molecule has 1 amide bonds. The van der Waals surface area contributed by atoms with Gasteiger partial charge in [-0.25, -0.2) is 9.78 Å². The molecule has 0 saturated heterocycles. The van der Waals surface area contributed by atoms with Gasteiger partial charge < -0.3 is 15.4 Å². The maximum Gasteiger partial charge on any atom is 0.442 e. The number of rotatable bonds is 5. The van der Waals surface area contributed by atoms with Gasteiger partial charge in [-0.15, -0.1) is 0 Å². The Morgan fingerprint density at radius 1 is 1.13 bits per heavy atom. The van der Waals surface area contributed by atoms with Gasteiger partial charge in [-0.2, -0.15) is 13.2 Å². The Bertz CT molecular complexity index is 1120. The summed E-state index contributed by atoms with van der Waals surface area (Å²) in [5.74, 6) is -2.97. The molecule has 2 aromatic carbocycles. The molecule has 1 unspecified atom stereocenters. The number of alkyl halides is 3. The van der Waals surface area contributed by atoms with Crippen molar-refractivity contribution in [2.45, 2.75) is 18.8 Å². The standard InChI is InChI=1S/C19H15ClF3N3O3S/c1-10-6-5-9-13-14(10)24-17(30-13)26-18(16(28)29-2,19(21,22)23)25-15(27)11-7-3-4-8-12(11)20/h3-9H,1-2H3,(H,24,26)(H,25,27). The zero-order valence-corrected chi connectivity index (χ0v) is 17.2. The molecule has 0 aliphatic heterocycles. The Hall–Kier alpha value is -2.85. The van der Waals surface area contributed by atoms with Crippen LogP contribution in [0.25, 0.3) is 10.2 Å². The summed E-state index contributed by atoms with van der Waals surface area (Å²) in [4.78, 5) is 29.1. The van der Waals surface area contributed by atoms with Gasteiger partial charge in [0.25, 0.3) is 5.91 Å². The zero-order valence-electron chi connectivity index (χ0n) is 15.6. The van der Waals surface area contributed by atoms with Gasteiger partial charge >= 0.3 is 17.8 Å². The largest absolute Gasteiger partial charge is 0.466 e. The first-order chi connectivity index (χ1) is 14.1. The highest BCUT2D eigenvalue weighted by Gasteiger charge is 2.64. The van der Waals surface area contributed by atoms with Crippen molar-refractivity contribution in [1.82, 2.24) is 10.3 Å². The zero-order chi connectivity index (χ0) is 22.1. The Morgan fingerprint density at radius 3 is 2.43 bits per heavy atom. The summed E-state index contributed by atoms with van der Waals surface area (Å²) in [5, 5.41) is 3.47. The van der Waals surface area contributed by atoms with Crippen LogP contribution in [0.2, 0.25) is 5.02 Å². The van der Waals surface area contributed by atoms with Crippen LogP contribution in [0.1, 0.15) is 15.9 Å². The molecule has 1 heterocycles. The van der Waals surface area contributed by atoms with E-state index < -0.39 is 23.7 Å². The molecule has 11 heteroatoms. The van der Waals surface area contributed by atoms with Gasteiger partial charge in [-0.05, 0) is 30.7 Å². The Balaban J connectivity index is 2.08. The number of anilines is 1. The predicted molar refractivity (Wildman–Crippen MR) is 108 cm³/mol. The van der Waals surface area contributed by atoms with E-state index in [0.29, 0.717) is 10.2 Å². The third-order valence-corrected chi connectivity index (χ3v) is 5.52. The fraction of sp³-hybridized carbons (Fsp3) is 0.211. The first-order valence-corrected chi connectivity index (χ1v) is 9.65. The van der Waals surface area contributed by atoms with Crippen LogP contribution in [0, 0.1) is 6.92 Å². The number of nitrogens with zero attached hydrogens (tertiary/aromatic N) is 1. The lowest BCUT2D eigenvalue weighted by atomic mass is 10.1. The van der Waals surface area contributed by atoms with Crippen LogP contribution in [-0.2, 0) is 9.53 Å². The average Bonchev–Trinajstić information content (AvgIpc) is 3.10. The van der Waals surface area contributed by atoms with Gasteiger partial charge in [0, 0.05) is 0 Å². The van der Waals surface area contributed by atoms with Crippen LogP contribution in [0.4, 0.5) is 18.3 Å². The lowest BCUT2D eigenvalue weighted by Crippen LogP contribution is -2.69. The van der Waals surface area contributed by atoms with E-state index >= 15 is 0 Å². The van der Waals surface area contributed by atoms with E-state index in [1.165, 1.54) is 24.3 Å². The highest BCUT2D eigenvalue weighted by molar-refractivity contribution is 7.22. The van der Waals surface area contributed by atoms with Crippen LogP contribution >= 0.6 is 22.9 Å². The number of thiazole rings is 1. The molecule has 6 nitrogen and oxygen atoms in total. The van der Waals surface area contributed by atoms with Crippen molar-refractivity contribution in [2.24, 2.45) is 0 Å². The molecular formula is C19H15ClF3N3O3S. The number of carbonyl (C=O) groups is 2. The number of ether oxygens (including phenoxy) is 1. The number of benzene rings is 2. The van der Waals surface area contributed by atoms with Crippen LogP contribution in [0.5, 0.6) is 0 Å². The van der Waals surface area contributed by atoms with E-state index in [9.17, 15) is 22.8 Å². The molecule has 3 aromatic rings. The fourth-order valence-corrected chi connectivity index (χ4v) is 3.95. The molecule has 1 aromatic heterocycles. The van der Waals surface area contributed by atoms with Gasteiger partial charge in [0.05, 0.1) is 27.9 Å². The number of hydrogen-bond acceptors (Lipinski definition) is 6. The number of amides is 1. The van der Waals surface area contributed by atoms with Crippen molar-refractivity contribution in [1.29, 1.82) is 0 Å². The minimum absolute atomic E-state index is 0.0773. The number of carbonyl (C=O) groups excluding carboxylic acids is 2. The average molecular weight is 458 g/mol. The molecule has 1 atom stereocenters. The van der Waals surface area contributed by atoms with Crippen molar-refractivity contribution in [2.75, 3.05) is 12.4 Å². The molecule has 0 aliphatic rings. The van der Waals surface area contributed by atoms with Crippen molar-refractivity contribution in [3.63, 3.8) is 0 Å². The molecule has 3 rings (SSSR count). The molecule has 0 bridgehead atoms.